The standard InChI is InChI=1S/C27H28N2O6/c1-3-19-6-4-5-7-24(19)29-26(31)18-34-27(32)17-16-25(30)28-20-8-10-22(11-9-20)35-23-14-12-21(33-2)13-15-23/h4-15H,3,16-18H2,1-2H3,(H,28,30)(H,29,31). The van der Waals surface area contributed by atoms with Crippen LogP contribution in [0.25, 0.3) is 0 Å². The summed E-state index contributed by atoms with van der Waals surface area (Å²) in [6.45, 7) is 1.58. The number of ether oxygens (including phenoxy) is 3. The lowest BCUT2D eigenvalue weighted by molar-refractivity contribution is -0.147. The largest absolute Gasteiger partial charge is 0.497 e. The summed E-state index contributed by atoms with van der Waals surface area (Å²) in [5.74, 6) is 0.608. The van der Waals surface area contributed by atoms with E-state index in [9.17, 15) is 14.4 Å². The smallest absolute Gasteiger partial charge is 0.306 e. The number of methoxy groups -OCH3 is 1. The number of benzene rings is 3. The van der Waals surface area contributed by atoms with Gasteiger partial charge in [0, 0.05) is 17.8 Å². The summed E-state index contributed by atoms with van der Waals surface area (Å²) in [5, 5.41) is 5.44. The zero-order valence-electron chi connectivity index (χ0n) is 19.7. The van der Waals surface area contributed by atoms with Crippen LogP contribution in [-0.2, 0) is 25.5 Å². The van der Waals surface area contributed by atoms with Crippen molar-refractivity contribution in [2.24, 2.45) is 0 Å². The van der Waals surface area contributed by atoms with Gasteiger partial charge in [-0.05, 0) is 66.6 Å². The summed E-state index contributed by atoms with van der Waals surface area (Å²) in [4.78, 5) is 36.1. The number of nitrogens with one attached hydrogen (secondary N) is 2. The van der Waals surface area contributed by atoms with Gasteiger partial charge in [-0.1, -0.05) is 25.1 Å². The molecule has 0 heterocycles. The van der Waals surface area contributed by atoms with E-state index in [4.69, 9.17) is 14.2 Å². The van der Waals surface area contributed by atoms with Crippen molar-refractivity contribution in [2.45, 2.75) is 26.2 Å². The van der Waals surface area contributed by atoms with Crippen molar-refractivity contribution in [2.75, 3.05) is 24.4 Å². The Hall–Kier alpha value is -4.33. The molecule has 3 rings (SSSR count). The number of carbonyl (C=O) groups excluding carboxylic acids is 3. The molecule has 0 aliphatic heterocycles. The minimum Gasteiger partial charge on any atom is -0.497 e. The Labute approximate surface area is 204 Å². The third-order valence-electron chi connectivity index (χ3n) is 5.03. The maximum Gasteiger partial charge on any atom is 0.306 e. The Morgan fingerprint density at radius 2 is 1.37 bits per heavy atom. The summed E-state index contributed by atoms with van der Waals surface area (Å²) in [6, 6.07) is 21.5. The van der Waals surface area contributed by atoms with Crippen LogP contribution in [0.2, 0.25) is 0 Å². The molecular formula is C27H28N2O6. The highest BCUT2D eigenvalue weighted by atomic mass is 16.5. The van der Waals surface area contributed by atoms with Gasteiger partial charge in [-0.15, -0.1) is 0 Å². The minimum absolute atomic E-state index is 0.0662. The molecule has 0 fully saturated rings. The molecule has 35 heavy (non-hydrogen) atoms. The average Bonchev–Trinajstić information content (AvgIpc) is 2.88. The van der Waals surface area contributed by atoms with Gasteiger partial charge in [0.15, 0.2) is 6.61 Å². The van der Waals surface area contributed by atoms with E-state index in [1.54, 1.807) is 61.7 Å². The molecule has 3 aromatic carbocycles. The van der Waals surface area contributed by atoms with Crippen molar-refractivity contribution in [1.29, 1.82) is 0 Å². The van der Waals surface area contributed by atoms with E-state index in [1.165, 1.54) is 0 Å². The van der Waals surface area contributed by atoms with Gasteiger partial charge in [-0.2, -0.15) is 0 Å². The highest BCUT2D eigenvalue weighted by molar-refractivity contribution is 5.94. The van der Waals surface area contributed by atoms with Gasteiger partial charge in [-0.3, -0.25) is 14.4 Å². The first-order valence-corrected chi connectivity index (χ1v) is 11.2. The number of aryl methyl sites for hydroxylation is 1. The Kier molecular flexibility index (Phi) is 9.24. The third kappa shape index (κ3) is 8.19. The topological polar surface area (TPSA) is 103 Å². The van der Waals surface area contributed by atoms with Gasteiger partial charge in [0.05, 0.1) is 13.5 Å². The first-order chi connectivity index (χ1) is 17.0. The zero-order valence-corrected chi connectivity index (χ0v) is 19.7. The fourth-order valence-corrected chi connectivity index (χ4v) is 3.18. The number of rotatable bonds is 11. The van der Waals surface area contributed by atoms with Crippen LogP contribution in [0.15, 0.2) is 72.8 Å². The van der Waals surface area contributed by atoms with Crippen LogP contribution in [0, 0.1) is 0 Å². The summed E-state index contributed by atoms with van der Waals surface area (Å²) >= 11 is 0. The molecule has 0 aliphatic carbocycles. The predicted octanol–water partition coefficient (Wildman–Crippen LogP) is 4.95. The molecule has 0 unspecified atom stereocenters. The average molecular weight is 477 g/mol. The Bertz CT molecular complexity index is 1140. The Morgan fingerprint density at radius 3 is 2.03 bits per heavy atom. The Balaban J connectivity index is 1.37. The second-order valence-corrected chi connectivity index (χ2v) is 7.57. The molecule has 0 aromatic heterocycles. The molecule has 3 aromatic rings. The molecule has 0 radical (unpaired) electrons. The van der Waals surface area contributed by atoms with Gasteiger partial charge in [-0.25, -0.2) is 0 Å². The molecule has 0 saturated carbocycles. The number of esters is 1. The van der Waals surface area contributed by atoms with Crippen molar-refractivity contribution in [3.63, 3.8) is 0 Å². The number of amides is 2. The molecule has 2 amide bonds. The molecule has 8 nitrogen and oxygen atoms in total. The number of hydrogen-bond acceptors (Lipinski definition) is 6. The number of para-hydroxylation sites is 1. The van der Waals surface area contributed by atoms with Gasteiger partial charge in [0.25, 0.3) is 5.91 Å². The van der Waals surface area contributed by atoms with Crippen LogP contribution in [0.4, 0.5) is 11.4 Å². The van der Waals surface area contributed by atoms with E-state index < -0.39 is 18.5 Å². The first-order valence-electron chi connectivity index (χ1n) is 11.2. The van der Waals surface area contributed by atoms with Crippen LogP contribution >= 0.6 is 0 Å². The van der Waals surface area contributed by atoms with Gasteiger partial charge < -0.3 is 24.8 Å². The van der Waals surface area contributed by atoms with Crippen molar-refractivity contribution in [1.82, 2.24) is 0 Å². The second kappa shape index (κ2) is 12.8. The van der Waals surface area contributed by atoms with E-state index in [2.05, 4.69) is 10.6 Å². The SMILES string of the molecule is CCc1ccccc1NC(=O)COC(=O)CCC(=O)Nc1ccc(Oc2ccc(OC)cc2)cc1. The Morgan fingerprint density at radius 1 is 0.743 bits per heavy atom. The van der Waals surface area contributed by atoms with Gasteiger partial charge in [0.1, 0.15) is 17.2 Å². The molecule has 0 saturated heterocycles. The quantitative estimate of drug-likeness (QED) is 0.380. The number of carbonyl (C=O) groups is 3. The maximum atomic E-state index is 12.2. The maximum absolute atomic E-state index is 12.2. The molecule has 8 heteroatoms. The van der Waals surface area contributed by atoms with E-state index in [0.717, 1.165) is 17.7 Å². The van der Waals surface area contributed by atoms with Crippen molar-refractivity contribution < 1.29 is 28.6 Å². The molecule has 0 aliphatic rings. The van der Waals surface area contributed by atoms with Gasteiger partial charge in [0.2, 0.25) is 5.91 Å². The molecule has 0 bridgehead atoms. The van der Waals surface area contributed by atoms with Crippen molar-refractivity contribution >= 4 is 29.2 Å². The van der Waals surface area contributed by atoms with Crippen LogP contribution in [0.1, 0.15) is 25.3 Å². The summed E-state index contributed by atoms with van der Waals surface area (Å²) in [5.41, 5.74) is 2.25. The van der Waals surface area contributed by atoms with E-state index in [0.29, 0.717) is 22.9 Å². The predicted molar refractivity (Wildman–Crippen MR) is 133 cm³/mol. The van der Waals surface area contributed by atoms with Crippen LogP contribution in [0.5, 0.6) is 17.2 Å². The highest BCUT2D eigenvalue weighted by Gasteiger charge is 2.12. The molecular weight excluding hydrogens is 448 g/mol. The lowest BCUT2D eigenvalue weighted by Crippen LogP contribution is -2.22. The fraction of sp³-hybridized carbons (Fsp3) is 0.222. The normalized spacial score (nSPS) is 10.2. The number of anilines is 2. The summed E-state index contributed by atoms with van der Waals surface area (Å²) in [7, 11) is 1.60. The monoisotopic (exact) mass is 476 g/mol. The van der Waals surface area contributed by atoms with Crippen LogP contribution in [0.3, 0.4) is 0 Å². The van der Waals surface area contributed by atoms with Gasteiger partial charge >= 0.3 is 5.97 Å². The van der Waals surface area contributed by atoms with E-state index in [1.807, 2.05) is 25.1 Å². The molecule has 0 spiro atoms. The molecule has 2 N–H and O–H groups in total. The van der Waals surface area contributed by atoms with E-state index >= 15 is 0 Å². The van der Waals surface area contributed by atoms with Crippen LogP contribution < -0.4 is 20.1 Å². The second-order valence-electron chi connectivity index (χ2n) is 7.57. The number of hydrogen-bond donors (Lipinski definition) is 2. The highest BCUT2D eigenvalue weighted by Crippen LogP contribution is 2.25. The molecule has 0 atom stereocenters. The lowest BCUT2D eigenvalue weighted by Gasteiger charge is -2.10. The van der Waals surface area contributed by atoms with E-state index in [-0.39, 0.29) is 18.7 Å². The van der Waals surface area contributed by atoms with Crippen molar-refractivity contribution in [3.8, 4) is 17.2 Å². The lowest BCUT2D eigenvalue weighted by atomic mass is 10.1. The minimum atomic E-state index is -0.623. The fourth-order valence-electron chi connectivity index (χ4n) is 3.18. The zero-order chi connectivity index (χ0) is 25.0. The third-order valence-corrected chi connectivity index (χ3v) is 5.03. The first kappa shape index (κ1) is 25.3. The summed E-state index contributed by atoms with van der Waals surface area (Å²) in [6.07, 6.45) is 0.566. The summed E-state index contributed by atoms with van der Waals surface area (Å²) < 4.78 is 15.9. The molecule has 182 valence electrons. The van der Waals surface area contributed by atoms with Crippen LogP contribution in [-0.4, -0.2) is 31.5 Å². The van der Waals surface area contributed by atoms with Crippen molar-refractivity contribution in [3.05, 3.63) is 78.4 Å².